The lowest BCUT2D eigenvalue weighted by atomic mass is 10.2. The number of halogens is 2. The van der Waals surface area contributed by atoms with Crippen molar-refractivity contribution < 1.29 is 19.4 Å². The molecule has 23 heavy (non-hydrogen) atoms. The van der Waals surface area contributed by atoms with Crippen LogP contribution in [-0.2, 0) is 11.3 Å². The van der Waals surface area contributed by atoms with E-state index in [0.717, 1.165) is 0 Å². The number of rotatable bonds is 5. The highest BCUT2D eigenvalue weighted by molar-refractivity contribution is 5.88. The van der Waals surface area contributed by atoms with E-state index in [4.69, 9.17) is 16.0 Å². The molecule has 0 saturated carbocycles. The topological polar surface area (TPSA) is 89.3 Å². The van der Waals surface area contributed by atoms with Gasteiger partial charge in [0.25, 0.3) is 0 Å². The third-order valence-corrected chi connectivity index (χ3v) is 2.53. The van der Waals surface area contributed by atoms with Crippen LogP contribution in [0.4, 0.5) is 26.5 Å². The van der Waals surface area contributed by atoms with Crippen LogP contribution in [0.3, 0.4) is 0 Å². The minimum Gasteiger partial charge on any atom is -0.450 e. The van der Waals surface area contributed by atoms with Crippen LogP contribution >= 0.6 is 12.4 Å². The number of anilines is 3. The zero-order chi connectivity index (χ0) is 19.4. The zero-order valence-electron chi connectivity index (χ0n) is 16.2. The summed E-state index contributed by atoms with van der Waals surface area (Å²) in [5, 5.41) is 5.22. The number of carbonyl (C=O) groups excluding carboxylic acids is 1. The Morgan fingerprint density at radius 1 is 1.39 bits per heavy atom. The maximum absolute atomic E-state index is 13.5. The molecule has 0 aliphatic rings. The summed E-state index contributed by atoms with van der Waals surface area (Å²) >= 11 is 0. The summed E-state index contributed by atoms with van der Waals surface area (Å²) in [6.07, 6.45) is -0.670. The molecule has 2 aromatic rings. The van der Waals surface area contributed by atoms with E-state index in [-0.39, 0.29) is 48.4 Å². The van der Waals surface area contributed by atoms with Crippen molar-refractivity contribution in [3.05, 3.63) is 47.7 Å². The number of aromatic nitrogens is 1. The van der Waals surface area contributed by atoms with Crippen molar-refractivity contribution in [1.29, 1.82) is 0 Å². The molecule has 6 nitrogen and oxygen atoms in total. The number of nitrogens with zero attached hydrogens (tertiary/aromatic N) is 1. The number of nitrogens with two attached hydrogens (primary N) is 1. The fraction of sp³-hybridized carbons (Fsp3) is 0.200. The van der Waals surface area contributed by atoms with Gasteiger partial charge in [0, 0.05) is 6.54 Å². The number of hydrogen-bond donors (Lipinski definition) is 3. The van der Waals surface area contributed by atoms with Crippen LogP contribution in [-0.4, -0.2) is 17.7 Å². The Morgan fingerprint density at radius 2 is 2.09 bits per heavy atom. The predicted molar refractivity (Wildman–Crippen MR) is 90.3 cm³/mol. The van der Waals surface area contributed by atoms with E-state index >= 15 is 0 Å². The van der Waals surface area contributed by atoms with Gasteiger partial charge in [-0.1, -0.05) is 12.1 Å². The summed E-state index contributed by atoms with van der Waals surface area (Å²) in [4.78, 5) is 15.4. The number of hydrogen-bond acceptors (Lipinski definition) is 5. The van der Waals surface area contributed by atoms with Gasteiger partial charge in [0.05, 0.1) is 17.8 Å². The summed E-state index contributed by atoms with van der Waals surface area (Å²) < 4.78 is 48.8. The van der Waals surface area contributed by atoms with Gasteiger partial charge < -0.3 is 15.8 Å². The molecule has 2 rings (SSSR count). The third kappa shape index (κ3) is 5.63. The van der Waals surface area contributed by atoms with Crippen molar-refractivity contribution in [2.75, 3.05) is 23.0 Å². The van der Waals surface area contributed by atoms with Crippen LogP contribution in [0, 0.1) is 5.82 Å². The molecule has 0 fully saturated rings. The van der Waals surface area contributed by atoms with Crippen LogP contribution in [0.15, 0.2) is 36.3 Å². The van der Waals surface area contributed by atoms with E-state index in [1.807, 2.05) is 0 Å². The molecular formula is C15H18ClFN4O2. The van der Waals surface area contributed by atoms with Gasteiger partial charge in [-0.15, -0.1) is 12.4 Å². The lowest BCUT2D eigenvalue weighted by molar-refractivity contribution is 0.168. The minimum absolute atomic E-state index is 0. The number of benzene rings is 1. The summed E-state index contributed by atoms with van der Waals surface area (Å²) in [5.41, 5.74) is 6.00. The number of pyridine rings is 1. The molecule has 1 heterocycles. The molecule has 4 N–H and O–H groups in total. The highest BCUT2D eigenvalue weighted by Gasteiger charge is 2.07. The van der Waals surface area contributed by atoms with Crippen LogP contribution in [0.2, 0.25) is 0 Å². The van der Waals surface area contributed by atoms with E-state index in [2.05, 4.69) is 15.6 Å². The number of nitrogens with one attached hydrogen (secondary N) is 2. The minimum atomic E-state index is -1.19. The monoisotopic (exact) mass is 344 g/mol. The highest BCUT2D eigenvalue weighted by atomic mass is 35.5. The zero-order valence-corrected chi connectivity index (χ0v) is 13.0. The first-order valence-corrected chi connectivity index (χ1v) is 6.45. The first-order chi connectivity index (χ1) is 12.3. The first-order valence-electron chi connectivity index (χ1n) is 8.45. The van der Waals surface area contributed by atoms with Crippen molar-refractivity contribution in [2.45, 2.75) is 13.5 Å². The van der Waals surface area contributed by atoms with E-state index in [1.54, 1.807) is 6.92 Å². The van der Waals surface area contributed by atoms with Gasteiger partial charge in [-0.05, 0) is 36.7 Å². The Hall–Kier alpha value is -2.54. The Morgan fingerprint density at radius 3 is 2.70 bits per heavy atom. The number of amides is 1. The molecule has 1 amide bonds. The van der Waals surface area contributed by atoms with Gasteiger partial charge in [-0.3, -0.25) is 5.32 Å². The normalized spacial score (nSPS) is 12.1. The van der Waals surface area contributed by atoms with Crippen LogP contribution in [0.1, 0.15) is 18.0 Å². The van der Waals surface area contributed by atoms with Gasteiger partial charge in [-0.25, -0.2) is 14.2 Å². The Kier molecular flexibility index (Phi) is 4.95. The molecule has 0 unspecified atom stereocenters. The standard InChI is InChI=1S/C15H17FN4O2.ClH/c1-2-22-15(21)19-12-7-8-13(20-14(12)17)18-9-10-3-5-11(16)6-4-10;/h3-8H,2,9H2,1H3,(H,19,21)(H3,17,18,20);1H/i3D,4D,5D,6D;. The smallest absolute Gasteiger partial charge is 0.411 e. The van der Waals surface area contributed by atoms with E-state index in [1.165, 1.54) is 12.1 Å². The first kappa shape index (κ1) is 13.0. The molecule has 0 atom stereocenters. The third-order valence-electron chi connectivity index (χ3n) is 2.53. The fourth-order valence-electron chi connectivity index (χ4n) is 1.55. The highest BCUT2D eigenvalue weighted by Crippen LogP contribution is 2.19. The molecule has 0 aliphatic heterocycles. The quantitative estimate of drug-likeness (QED) is 0.773. The SMILES string of the molecule is Cl.[2H]c1c([2H])c(CNc2ccc(NC(=O)OCC)c(N)n2)c([2H])c([2H])c1F. The van der Waals surface area contributed by atoms with Gasteiger partial charge in [0.1, 0.15) is 17.5 Å². The molecule has 0 aliphatic carbocycles. The number of nitrogen functional groups attached to an aromatic ring is 1. The van der Waals surface area contributed by atoms with E-state index in [0.29, 0.717) is 0 Å². The van der Waals surface area contributed by atoms with Crippen molar-refractivity contribution >= 4 is 35.8 Å². The maximum atomic E-state index is 13.5. The summed E-state index contributed by atoms with van der Waals surface area (Å²) in [6.45, 7) is 1.75. The Bertz CT molecular complexity index is 828. The fourth-order valence-corrected chi connectivity index (χ4v) is 1.55. The maximum Gasteiger partial charge on any atom is 0.411 e. The molecule has 0 radical (unpaired) electrons. The molecule has 0 bridgehead atoms. The van der Waals surface area contributed by atoms with Crippen molar-refractivity contribution in [2.24, 2.45) is 0 Å². The Balaban J connectivity index is 0.00000364. The second-order valence-corrected chi connectivity index (χ2v) is 4.12. The lowest BCUT2D eigenvalue weighted by Crippen LogP contribution is -2.15. The van der Waals surface area contributed by atoms with Gasteiger partial charge in [-0.2, -0.15) is 0 Å². The predicted octanol–water partition coefficient (Wildman–Crippen LogP) is 3.41. The molecule has 0 saturated heterocycles. The van der Waals surface area contributed by atoms with Gasteiger partial charge >= 0.3 is 6.09 Å². The summed E-state index contributed by atoms with van der Waals surface area (Å²) in [7, 11) is 0. The molecule has 1 aromatic carbocycles. The van der Waals surface area contributed by atoms with E-state index < -0.39 is 36.1 Å². The molecular weight excluding hydrogens is 323 g/mol. The number of ether oxygens (including phenoxy) is 1. The average Bonchev–Trinajstić information content (AvgIpc) is 2.60. The van der Waals surface area contributed by atoms with Gasteiger partial charge in [0.15, 0.2) is 0 Å². The molecule has 124 valence electrons. The van der Waals surface area contributed by atoms with Gasteiger partial charge in [0.2, 0.25) is 0 Å². The summed E-state index contributed by atoms with van der Waals surface area (Å²) in [6, 6.07) is 0.585. The van der Waals surface area contributed by atoms with E-state index in [9.17, 15) is 9.18 Å². The average molecular weight is 345 g/mol. The second-order valence-electron chi connectivity index (χ2n) is 4.12. The van der Waals surface area contributed by atoms with Crippen molar-refractivity contribution in [3.63, 3.8) is 0 Å². The lowest BCUT2D eigenvalue weighted by Gasteiger charge is -2.10. The Labute approximate surface area is 145 Å². The van der Waals surface area contributed by atoms with Crippen LogP contribution in [0.25, 0.3) is 0 Å². The van der Waals surface area contributed by atoms with Crippen LogP contribution in [0.5, 0.6) is 0 Å². The van der Waals surface area contributed by atoms with Crippen molar-refractivity contribution in [3.8, 4) is 0 Å². The van der Waals surface area contributed by atoms with Crippen molar-refractivity contribution in [1.82, 2.24) is 4.98 Å². The number of carbonyl (C=O) groups is 1. The molecule has 8 heteroatoms. The molecule has 1 aromatic heterocycles. The largest absolute Gasteiger partial charge is 0.450 e. The van der Waals surface area contributed by atoms with Crippen LogP contribution < -0.4 is 16.4 Å². The second kappa shape index (κ2) is 8.79. The molecule has 0 spiro atoms. The summed E-state index contributed by atoms with van der Waals surface area (Å²) in [5.74, 6) is -0.902.